The van der Waals surface area contributed by atoms with Crippen molar-refractivity contribution in [3.8, 4) is 11.1 Å². The van der Waals surface area contributed by atoms with E-state index < -0.39 is 8.80 Å². The van der Waals surface area contributed by atoms with Gasteiger partial charge in [-0.3, -0.25) is 0 Å². The molecule has 0 aromatic heterocycles. The third kappa shape index (κ3) is 4.51. The number of hydrogen-bond donors (Lipinski definition) is 0. The first-order valence-electron chi connectivity index (χ1n) is 8.13. The van der Waals surface area contributed by atoms with Crippen LogP contribution in [0.5, 0.6) is 0 Å². The Morgan fingerprint density at radius 3 is 1.54 bits per heavy atom. The molecule has 0 amide bonds. The Bertz CT molecular complexity index is 629. The average Bonchev–Trinajstić information content (AvgIpc) is 2.54. The van der Waals surface area contributed by atoms with E-state index in [1.165, 1.54) is 12.1 Å². The van der Waals surface area contributed by atoms with Gasteiger partial charge < -0.3 is 13.3 Å². The monoisotopic (exact) mass is 348 g/mol. The summed E-state index contributed by atoms with van der Waals surface area (Å²) in [6, 6.07) is 14.4. The molecule has 3 nitrogen and oxygen atoms in total. The third-order valence-electron chi connectivity index (χ3n) is 3.47. The van der Waals surface area contributed by atoms with Gasteiger partial charge in [0.15, 0.2) is 0 Å². The first-order chi connectivity index (χ1) is 11.4. The molecule has 130 valence electrons. The van der Waals surface area contributed by atoms with Crippen LogP contribution in [0.3, 0.4) is 0 Å². The maximum atomic E-state index is 13.1. The molecule has 0 aliphatic carbocycles. The molecule has 0 atom stereocenters. The summed E-state index contributed by atoms with van der Waals surface area (Å²) in [5.41, 5.74) is 1.97. The summed E-state index contributed by atoms with van der Waals surface area (Å²) in [5, 5.41) is 0.915. The highest BCUT2D eigenvalue weighted by atomic mass is 28.4. The predicted molar refractivity (Wildman–Crippen MR) is 96.7 cm³/mol. The topological polar surface area (TPSA) is 27.7 Å². The molecular weight excluding hydrogens is 323 g/mol. The van der Waals surface area contributed by atoms with Crippen molar-refractivity contribution in [2.24, 2.45) is 0 Å². The van der Waals surface area contributed by atoms with Crippen LogP contribution in [0.15, 0.2) is 48.5 Å². The minimum Gasteiger partial charge on any atom is -0.373 e. The van der Waals surface area contributed by atoms with Crippen LogP contribution >= 0.6 is 0 Å². The van der Waals surface area contributed by atoms with E-state index in [1.807, 2.05) is 52.0 Å². The van der Waals surface area contributed by atoms with E-state index in [0.717, 1.165) is 16.3 Å². The average molecular weight is 348 g/mol. The molecule has 0 unspecified atom stereocenters. The van der Waals surface area contributed by atoms with Crippen molar-refractivity contribution in [2.45, 2.75) is 39.9 Å². The van der Waals surface area contributed by atoms with Gasteiger partial charge in [0.2, 0.25) is 0 Å². The van der Waals surface area contributed by atoms with Gasteiger partial charge in [-0.15, -0.1) is 0 Å². The van der Waals surface area contributed by atoms with Crippen molar-refractivity contribution in [3.63, 3.8) is 0 Å². The summed E-state index contributed by atoms with van der Waals surface area (Å²) >= 11 is 0. The Balaban J connectivity index is 2.35. The summed E-state index contributed by atoms with van der Waals surface area (Å²) in [7, 11) is -1.33. The van der Waals surface area contributed by atoms with Crippen LogP contribution in [0.25, 0.3) is 11.1 Å². The molecular formula is C19H25FO3Si. The lowest BCUT2D eigenvalue weighted by Crippen LogP contribution is -2.58. The van der Waals surface area contributed by atoms with Crippen molar-refractivity contribution in [1.82, 2.24) is 0 Å². The molecule has 0 aliphatic heterocycles. The van der Waals surface area contributed by atoms with Gasteiger partial charge in [0, 0.05) is 24.5 Å². The van der Waals surface area contributed by atoms with Crippen LogP contribution in [0.2, 0.25) is 0 Å². The van der Waals surface area contributed by atoms with Crippen LogP contribution < -0.4 is 5.19 Å². The lowest BCUT2D eigenvalue weighted by atomic mass is 10.1. The first kappa shape index (κ1) is 18.8. The summed E-state index contributed by atoms with van der Waals surface area (Å²) in [5.74, 6) is -0.239. The lowest BCUT2D eigenvalue weighted by Gasteiger charge is -2.31. The Hall–Kier alpha value is -1.53. The van der Waals surface area contributed by atoms with E-state index in [0.29, 0.717) is 0 Å². The molecule has 24 heavy (non-hydrogen) atoms. The molecule has 0 radical (unpaired) electrons. The SMILES string of the molecule is CO[Si](OC(C)C)(OC(C)C)c1ccc(-c2ccc(F)cc2)cc1. The summed E-state index contributed by atoms with van der Waals surface area (Å²) in [4.78, 5) is 0. The number of halogens is 1. The van der Waals surface area contributed by atoms with Crippen LogP contribution in [0.1, 0.15) is 27.7 Å². The maximum absolute atomic E-state index is 13.1. The second kappa shape index (κ2) is 8.03. The molecule has 0 fully saturated rings. The van der Waals surface area contributed by atoms with Crippen LogP contribution in [0, 0.1) is 5.82 Å². The van der Waals surface area contributed by atoms with Gasteiger partial charge in [0.05, 0.1) is 0 Å². The van der Waals surface area contributed by atoms with Crippen LogP contribution in [-0.4, -0.2) is 28.1 Å². The lowest BCUT2D eigenvalue weighted by molar-refractivity contribution is 0.0456. The zero-order valence-electron chi connectivity index (χ0n) is 14.9. The van der Waals surface area contributed by atoms with Gasteiger partial charge in [-0.25, -0.2) is 4.39 Å². The molecule has 0 N–H and O–H groups in total. The first-order valence-corrected chi connectivity index (χ1v) is 9.86. The Morgan fingerprint density at radius 1 is 0.750 bits per heavy atom. The molecule has 0 saturated heterocycles. The fourth-order valence-electron chi connectivity index (χ4n) is 2.51. The Labute approximate surface area is 144 Å². The van der Waals surface area contributed by atoms with Crippen molar-refractivity contribution in [2.75, 3.05) is 7.11 Å². The van der Waals surface area contributed by atoms with Crippen molar-refractivity contribution >= 4 is 14.0 Å². The van der Waals surface area contributed by atoms with Gasteiger partial charge in [0.25, 0.3) is 0 Å². The highest BCUT2D eigenvalue weighted by molar-refractivity contribution is 6.75. The molecule has 2 aromatic rings. The molecule has 0 spiro atoms. The van der Waals surface area contributed by atoms with Crippen molar-refractivity contribution < 1.29 is 17.7 Å². The second-order valence-corrected chi connectivity index (χ2v) is 8.75. The fourth-order valence-corrected chi connectivity index (χ4v) is 5.08. The summed E-state index contributed by atoms with van der Waals surface area (Å²) < 4.78 is 31.0. The minimum absolute atomic E-state index is 0.00728. The Kier molecular flexibility index (Phi) is 6.29. The molecule has 2 aromatic carbocycles. The smallest absolute Gasteiger partial charge is 0.373 e. The van der Waals surface area contributed by atoms with E-state index >= 15 is 0 Å². The molecule has 5 heteroatoms. The highest BCUT2D eigenvalue weighted by Crippen LogP contribution is 2.21. The van der Waals surface area contributed by atoms with E-state index in [1.54, 1.807) is 19.2 Å². The van der Waals surface area contributed by atoms with Crippen LogP contribution in [0.4, 0.5) is 4.39 Å². The van der Waals surface area contributed by atoms with Gasteiger partial charge >= 0.3 is 8.80 Å². The zero-order valence-corrected chi connectivity index (χ0v) is 15.9. The summed E-state index contributed by atoms with van der Waals surface area (Å²) in [6.07, 6.45) is -0.0146. The van der Waals surface area contributed by atoms with Gasteiger partial charge in [-0.2, -0.15) is 0 Å². The fraction of sp³-hybridized carbons (Fsp3) is 0.368. The van der Waals surface area contributed by atoms with E-state index in [4.69, 9.17) is 13.3 Å². The normalized spacial score (nSPS) is 12.2. The summed E-state index contributed by atoms with van der Waals surface area (Å²) in [6.45, 7) is 7.88. The third-order valence-corrected chi connectivity index (χ3v) is 6.61. The molecule has 0 saturated carbocycles. The largest absolute Gasteiger partial charge is 0.537 e. The van der Waals surface area contributed by atoms with Crippen LogP contribution in [-0.2, 0) is 13.3 Å². The number of rotatable bonds is 7. The maximum Gasteiger partial charge on any atom is 0.537 e. The van der Waals surface area contributed by atoms with E-state index in [9.17, 15) is 4.39 Å². The van der Waals surface area contributed by atoms with Gasteiger partial charge in [-0.05, 0) is 51.0 Å². The van der Waals surface area contributed by atoms with Crippen molar-refractivity contribution in [3.05, 3.63) is 54.3 Å². The minimum atomic E-state index is -2.96. The zero-order chi connectivity index (χ0) is 17.7. The highest BCUT2D eigenvalue weighted by Gasteiger charge is 2.44. The number of hydrogen-bond acceptors (Lipinski definition) is 3. The quantitative estimate of drug-likeness (QED) is 0.704. The Morgan fingerprint density at radius 2 is 1.17 bits per heavy atom. The number of benzene rings is 2. The molecule has 0 aliphatic rings. The van der Waals surface area contributed by atoms with Gasteiger partial charge in [0.1, 0.15) is 5.82 Å². The predicted octanol–water partition coefficient (Wildman–Crippen LogP) is 4.14. The van der Waals surface area contributed by atoms with Crippen molar-refractivity contribution in [1.29, 1.82) is 0 Å². The molecule has 0 bridgehead atoms. The molecule has 2 rings (SSSR count). The van der Waals surface area contributed by atoms with E-state index in [2.05, 4.69) is 0 Å². The molecule has 0 heterocycles. The second-order valence-electron chi connectivity index (χ2n) is 6.18. The standard InChI is InChI=1S/C19H25FO3Si/c1-14(2)22-24(21-5,23-15(3)4)19-12-8-17(9-13-19)16-6-10-18(20)11-7-16/h6-15H,1-5H3. The van der Waals surface area contributed by atoms with E-state index in [-0.39, 0.29) is 18.0 Å². The van der Waals surface area contributed by atoms with Gasteiger partial charge in [-0.1, -0.05) is 36.4 Å².